The Morgan fingerprint density at radius 3 is 3.00 bits per heavy atom. The Balaban J connectivity index is 2.15. The van der Waals surface area contributed by atoms with Crippen molar-refractivity contribution in [3.63, 3.8) is 0 Å². The van der Waals surface area contributed by atoms with Gasteiger partial charge in [-0.25, -0.2) is 0 Å². The van der Waals surface area contributed by atoms with Gasteiger partial charge in [0.05, 0.1) is 6.61 Å². The number of pyridine rings is 1. The number of aliphatic hydroxyl groups is 1. The number of hydrogen-bond donors (Lipinski definition) is 1. The number of anilines is 1. The second-order valence-electron chi connectivity index (χ2n) is 5.20. The molecule has 17 heavy (non-hydrogen) atoms. The Hall–Kier alpha value is -1.09. The summed E-state index contributed by atoms with van der Waals surface area (Å²) in [7, 11) is 2.14. The molecule has 0 aromatic carbocycles. The zero-order valence-corrected chi connectivity index (χ0v) is 10.8. The van der Waals surface area contributed by atoms with Gasteiger partial charge in [0, 0.05) is 36.7 Å². The molecule has 0 spiro atoms. The van der Waals surface area contributed by atoms with Crippen molar-refractivity contribution in [1.29, 1.82) is 0 Å². The maximum absolute atomic E-state index is 9.35. The van der Waals surface area contributed by atoms with Crippen molar-refractivity contribution >= 4 is 5.69 Å². The van der Waals surface area contributed by atoms with Gasteiger partial charge in [0.15, 0.2) is 0 Å². The molecule has 94 valence electrons. The predicted octanol–water partition coefficient (Wildman–Crippen LogP) is 2.59. The Kier molecular flexibility index (Phi) is 4.00. The molecule has 1 fully saturated rings. The Morgan fingerprint density at radius 2 is 2.29 bits per heavy atom. The van der Waals surface area contributed by atoms with E-state index in [4.69, 9.17) is 0 Å². The fraction of sp³-hybridized carbons (Fsp3) is 0.643. The average molecular weight is 234 g/mol. The minimum atomic E-state index is 0.0653. The van der Waals surface area contributed by atoms with E-state index in [1.165, 1.54) is 25.7 Å². The second-order valence-corrected chi connectivity index (χ2v) is 5.20. The molecule has 3 nitrogen and oxygen atoms in total. The molecule has 1 N–H and O–H groups in total. The number of aliphatic hydroxyl groups excluding tert-OH is 1. The van der Waals surface area contributed by atoms with E-state index < -0.39 is 0 Å². The lowest BCUT2D eigenvalue weighted by molar-refractivity contribution is 0.280. The van der Waals surface area contributed by atoms with E-state index in [9.17, 15) is 5.11 Å². The number of hydrogen-bond acceptors (Lipinski definition) is 3. The van der Waals surface area contributed by atoms with Crippen LogP contribution in [0.25, 0.3) is 0 Å². The van der Waals surface area contributed by atoms with E-state index in [-0.39, 0.29) is 6.61 Å². The van der Waals surface area contributed by atoms with Gasteiger partial charge in [0.1, 0.15) is 0 Å². The van der Waals surface area contributed by atoms with Crippen LogP contribution in [-0.4, -0.2) is 23.2 Å². The molecule has 3 heteroatoms. The van der Waals surface area contributed by atoms with Crippen LogP contribution in [0, 0.1) is 5.92 Å². The molecular formula is C14H22N2O. The van der Waals surface area contributed by atoms with Crippen LogP contribution in [0.2, 0.25) is 0 Å². The molecule has 2 rings (SSSR count). The Labute approximate surface area is 103 Å². The molecule has 0 saturated heterocycles. The SMILES string of the molecule is CC1CCCC(N(C)c2ccncc2CO)C1. The largest absolute Gasteiger partial charge is 0.392 e. The van der Waals surface area contributed by atoms with E-state index in [1.54, 1.807) is 12.4 Å². The zero-order valence-electron chi connectivity index (χ0n) is 10.8. The number of nitrogens with zero attached hydrogens (tertiary/aromatic N) is 2. The summed E-state index contributed by atoms with van der Waals surface area (Å²) in [6.45, 7) is 2.40. The van der Waals surface area contributed by atoms with Crippen molar-refractivity contribution in [2.45, 2.75) is 45.3 Å². The highest BCUT2D eigenvalue weighted by atomic mass is 16.3. The van der Waals surface area contributed by atoms with Crippen LogP contribution in [0.15, 0.2) is 18.5 Å². The van der Waals surface area contributed by atoms with Crippen molar-refractivity contribution in [1.82, 2.24) is 4.98 Å². The van der Waals surface area contributed by atoms with Crippen LogP contribution < -0.4 is 4.90 Å². The second kappa shape index (κ2) is 5.50. The highest BCUT2D eigenvalue weighted by Gasteiger charge is 2.23. The summed E-state index contributed by atoms with van der Waals surface area (Å²) < 4.78 is 0. The summed E-state index contributed by atoms with van der Waals surface area (Å²) in [6, 6.07) is 2.61. The fourth-order valence-electron chi connectivity index (χ4n) is 2.84. The van der Waals surface area contributed by atoms with E-state index >= 15 is 0 Å². The van der Waals surface area contributed by atoms with E-state index in [0.717, 1.165) is 17.2 Å². The van der Waals surface area contributed by atoms with Gasteiger partial charge in [-0.15, -0.1) is 0 Å². The third kappa shape index (κ3) is 2.78. The van der Waals surface area contributed by atoms with Crippen molar-refractivity contribution in [2.24, 2.45) is 5.92 Å². The van der Waals surface area contributed by atoms with Gasteiger partial charge >= 0.3 is 0 Å². The van der Waals surface area contributed by atoms with Crippen molar-refractivity contribution in [3.8, 4) is 0 Å². The average Bonchev–Trinajstić information content (AvgIpc) is 2.38. The van der Waals surface area contributed by atoms with Gasteiger partial charge in [-0.2, -0.15) is 0 Å². The minimum absolute atomic E-state index is 0.0653. The fourth-order valence-corrected chi connectivity index (χ4v) is 2.84. The van der Waals surface area contributed by atoms with Crippen LogP contribution >= 0.6 is 0 Å². The first-order chi connectivity index (χ1) is 8.22. The molecule has 1 saturated carbocycles. The molecule has 1 aliphatic carbocycles. The lowest BCUT2D eigenvalue weighted by Crippen LogP contribution is -2.36. The highest BCUT2D eigenvalue weighted by molar-refractivity contribution is 5.52. The van der Waals surface area contributed by atoms with Gasteiger partial charge in [-0.05, 0) is 24.8 Å². The van der Waals surface area contributed by atoms with Crippen LogP contribution in [0.5, 0.6) is 0 Å². The molecule has 1 heterocycles. The van der Waals surface area contributed by atoms with Gasteiger partial charge in [0.2, 0.25) is 0 Å². The topological polar surface area (TPSA) is 36.4 Å². The number of aromatic nitrogens is 1. The first-order valence-corrected chi connectivity index (χ1v) is 6.49. The Morgan fingerprint density at radius 1 is 1.47 bits per heavy atom. The minimum Gasteiger partial charge on any atom is -0.392 e. The van der Waals surface area contributed by atoms with Crippen LogP contribution in [0.1, 0.15) is 38.2 Å². The molecule has 2 atom stereocenters. The van der Waals surface area contributed by atoms with Gasteiger partial charge in [-0.3, -0.25) is 4.98 Å². The maximum Gasteiger partial charge on any atom is 0.0717 e. The molecule has 0 radical (unpaired) electrons. The lowest BCUT2D eigenvalue weighted by atomic mass is 9.86. The molecule has 0 amide bonds. The van der Waals surface area contributed by atoms with Gasteiger partial charge < -0.3 is 10.0 Å². The van der Waals surface area contributed by atoms with Gasteiger partial charge in [-0.1, -0.05) is 19.8 Å². The normalized spacial score (nSPS) is 24.6. The van der Waals surface area contributed by atoms with Crippen LogP contribution in [0.4, 0.5) is 5.69 Å². The first kappa shape index (κ1) is 12.4. The predicted molar refractivity (Wildman–Crippen MR) is 70.0 cm³/mol. The molecule has 2 unspecified atom stereocenters. The van der Waals surface area contributed by atoms with E-state index in [2.05, 4.69) is 23.9 Å². The van der Waals surface area contributed by atoms with E-state index in [0.29, 0.717) is 6.04 Å². The van der Waals surface area contributed by atoms with Gasteiger partial charge in [0.25, 0.3) is 0 Å². The molecule has 1 aliphatic rings. The smallest absolute Gasteiger partial charge is 0.0717 e. The summed E-state index contributed by atoms with van der Waals surface area (Å²) in [5, 5.41) is 9.35. The molecule has 0 aliphatic heterocycles. The summed E-state index contributed by atoms with van der Waals surface area (Å²) >= 11 is 0. The Bertz CT molecular complexity index is 367. The van der Waals surface area contributed by atoms with Crippen molar-refractivity contribution in [2.75, 3.05) is 11.9 Å². The van der Waals surface area contributed by atoms with Crippen molar-refractivity contribution in [3.05, 3.63) is 24.0 Å². The maximum atomic E-state index is 9.35. The molecular weight excluding hydrogens is 212 g/mol. The molecule has 1 aromatic heterocycles. The first-order valence-electron chi connectivity index (χ1n) is 6.49. The zero-order chi connectivity index (χ0) is 12.3. The molecule has 1 aromatic rings. The third-order valence-corrected chi connectivity index (χ3v) is 3.88. The van der Waals surface area contributed by atoms with E-state index in [1.807, 2.05) is 6.07 Å². The third-order valence-electron chi connectivity index (χ3n) is 3.88. The highest BCUT2D eigenvalue weighted by Crippen LogP contribution is 2.30. The molecule has 0 bridgehead atoms. The monoisotopic (exact) mass is 234 g/mol. The van der Waals surface area contributed by atoms with Crippen molar-refractivity contribution < 1.29 is 5.11 Å². The van der Waals surface area contributed by atoms with Crippen LogP contribution in [0.3, 0.4) is 0 Å². The summed E-state index contributed by atoms with van der Waals surface area (Å²) in [4.78, 5) is 6.39. The lowest BCUT2D eigenvalue weighted by Gasteiger charge is -2.36. The summed E-state index contributed by atoms with van der Waals surface area (Å²) in [6.07, 6.45) is 8.75. The number of rotatable bonds is 3. The quantitative estimate of drug-likeness (QED) is 0.873. The summed E-state index contributed by atoms with van der Waals surface area (Å²) in [5.41, 5.74) is 2.05. The van der Waals surface area contributed by atoms with Crippen LogP contribution in [-0.2, 0) is 6.61 Å². The summed E-state index contributed by atoms with van der Waals surface area (Å²) in [5.74, 6) is 0.815. The standard InChI is InChI=1S/C14H22N2O/c1-11-4-3-5-13(8-11)16(2)14-6-7-15-9-12(14)10-17/h6-7,9,11,13,17H,3-5,8,10H2,1-2H3.